The molecule has 0 radical (unpaired) electrons. The maximum atomic E-state index is 5.68. The van der Waals surface area contributed by atoms with Crippen LogP contribution in [0.3, 0.4) is 0 Å². The lowest BCUT2D eigenvalue weighted by Crippen LogP contribution is -2.25. The van der Waals surface area contributed by atoms with Gasteiger partial charge in [-0.2, -0.15) is 0 Å². The second kappa shape index (κ2) is 5.74. The Balaban J connectivity index is 0.00000169. The van der Waals surface area contributed by atoms with Crippen molar-refractivity contribution in [3.63, 3.8) is 0 Å². The molecule has 0 aliphatic carbocycles. The lowest BCUT2D eigenvalue weighted by Gasteiger charge is -2.22. The molecule has 0 unspecified atom stereocenters. The van der Waals surface area contributed by atoms with Crippen LogP contribution < -0.4 is 5.73 Å². The van der Waals surface area contributed by atoms with Crippen LogP contribution in [0, 0.1) is 5.41 Å². The molecule has 2 N–H and O–H groups in total. The maximum absolute atomic E-state index is 5.68. The monoisotopic (exact) mass is 277 g/mol. The molecule has 0 bridgehead atoms. The van der Waals surface area contributed by atoms with Gasteiger partial charge in [-0.3, -0.25) is 0 Å². The summed E-state index contributed by atoms with van der Waals surface area (Å²) >= 11 is 3.46. The Morgan fingerprint density at radius 1 is 1.36 bits per heavy atom. The second-order valence-corrected chi connectivity index (χ2v) is 5.09. The van der Waals surface area contributed by atoms with Crippen molar-refractivity contribution in [1.29, 1.82) is 0 Å². The van der Waals surface area contributed by atoms with E-state index in [9.17, 15) is 0 Å². The van der Waals surface area contributed by atoms with Crippen LogP contribution in [0.25, 0.3) is 0 Å². The third-order valence-electron chi connectivity index (χ3n) is 2.12. The number of hydrogen-bond donors (Lipinski definition) is 1. The summed E-state index contributed by atoms with van der Waals surface area (Å²) < 4.78 is 1.14. The maximum Gasteiger partial charge on any atom is 0.0177 e. The molecule has 0 saturated carbocycles. The fraction of sp³-hybridized carbons (Fsp3) is 0.455. The predicted molar refractivity (Wildman–Crippen MR) is 67.9 cm³/mol. The lowest BCUT2D eigenvalue weighted by atomic mass is 9.86. The first kappa shape index (κ1) is 13.9. The highest BCUT2D eigenvalue weighted by Crippen LogP contribution is 2.22. The Morgan fingerprint density at radius 2 is 2.00 bits per heavy atom. The standard InChI is InChI=1S/C11H16BrN.ClH/c1-11(2,8-13)7-9-4-3-5-10(12)6-9;/h3-6H,7-8,13H2,1-2H3;1H. The number of nitrogens with two attached hydrogens (primary N) is 1. The molecule has 0 atom stereocenters. The van der Waals surface area contributed by atoms with Gasteiger partial charge in [0.15, 0.2) is 0 Å². The molecule has 0 aromatic heterocycles. The Hall–Kier alpha value is -0.0500. The Bertz CT molecular complexity index is 286. The summed E-state index contributed by atoms with van der Waals surface area (Å²) in [6, 6.07) is 8.39. The van der Waals surface area contributed by atoms with E-state index < -0.39 is 0 Å². The van der Waals surface area contributed by atoms with Crippen molar-refractivity contribution in [3.05, 3.63) is 34.3 Å². The van der Waals surface area contributed by atoms with Crippen molar-refractivity contribution in [2.45, 2.75) is 20.3 Å². The third-order valence-corrected chi connectivity index (χ3v) is 2.62. The van der Waals surface area contributed by atoms with Gasteiger partial charge < -0.3 is 5.73 Å². The molecule has 1 aromatic rings. The minimum atomic E-state index is 0. The lowest BCUT2D eigenvalue weighted by molar-refractivity contribution is 0.377. The molecular weight excluding hydrogens is 261 g/mol. The van der Waals surface area contributed by atoms with Crippen LogP contribution >= 0.6 is 28.3 Å². The van der Waals surface area contributed by atoms with Gasteiger partial charge in [0.05, 0.1) is 0 Å². The molecule has 0 fully saturated rings. The molecule has 0 saturated heterocycles. The first-order valence-electron chi connectivity index (χ1n) is 4.48. The quantitative estimate of drug-likeness (QED) is 0.901. The van der Waals surface area contributed by atoms with Crippen molar-refractivity contribution in [3.8, 4) is 0 Å². The van der Waals surface area contributed by atoms with Crippen molar-refractivity contribution < 1.29 is 0 Å². The van der Waals surface area contributed by atoms with Gasteiger partial charge in [0, 0.05) is 4.47 Å². The summed E-state index contributed by atoms with van der Waals surface area (Å²) in [6.45, 7) is 5.10. The number of benzene rings is 1. The highest BCUT2D eigenvalue weighted by Gasteiger charge is 2.15. The molecule has 0 aliphatic heterocycles. The summed E-state index contributed by atoms with van der Waals surface area (Å²) in [5.41, 5.74) is 7.21. The number of hydrogen-bond acceptors (Lipinski definition) is 1. The van der Waals surface area contributed by atoms with Gasteiger partial charge in [-0.1, -0.05) is 41.9 Å². The summed E-state index contributed by atoms with van der Waals surface area (Å²) in [5.74, 6) is 0. The van der Waals surface area contributed by atoms with Crippen LogP contribution in [-0.2, 0) is 6.42 Å². The topological polar surface area (TPSA) is 26.0 Å². The molecule has 1 aromatic carbocycles. The molecular formula is C11H17BrClN. The normalized spacial score (nSPS) is 10.9. The Labute approximate surface area is 101 Å². The van der Waals surface area contributed by atoms with Gasteiger partial charge in [0.2, 0.25) is 0 Å². The zero-order chi connectivity index (χ0) is 9.90. The largest absolute Gasteiger partial charge is 0.330 e. The molecule has 1 nitrogen and oxygen atoms in total. The highest BCUT2D eigenvalue weighted by atomic mass is 79.9. The van der Waals surface area contributed by atoms with E-state index in [0.29, 0.717) is 0 Å². The molecule has 0 spiro atoms. The molecule has 3 heteroatoms. The minimum Gasteiger partial charge on any atom is -0.330 e. The summed E-state index contributed by atoms with van der Waals surface area (Å²) in [6.07, 6.45) is 1.03. The van der Waals surface area contributed by atoms with Gasteiger partial charge in [0.25, 0.3) is 0 Å². The van der Waals surface area contributed by atoms with E-state index >= 15 is 0 Å². The van der Waals surface area contributed by atoms with Crippen LogP contribution in [0.4, 0.5) is 0 Å². The fourth-order valence-electron chi connectivity index (χ4n) is 1.27. The van der Waals surface area contributed by atoms with E-state index in [0.717, 1.165) is 17.4 Å². The summed E-state index contributed by atoms with van der Waals surface area (Å²) in [5, 5.41) is 0. The van der Waals surface area contributed by atoms with E-state index in [2.05, 4.69) is 48.0 Å². The van der Waals surface area contributed by atoms with E-state index in [1.807, 2.05) is 6.07 Å². The van der Waals surface area contributed by atoms with Gasteiger partial charge >= 0.3 is 0 Å². The Morgan fingerprint density at radius 3 is 2.50 bits per heavy atom. The van der Waals surface area contributed by atoms with Crippen LogP contribution in [-0.4, -0.2) is 6.54 Å². The minimum absolute atomic E-state index is 0. The van der Waals surface area contributed by atoms with Gasteiger partial charge in [-0.05, 0) is 36.1 Å². The van der Waals surface area contributed by atoms with Crippen molar-refractivity contribution in [2.75, 3.05) is 6.54 Å². The first-order chi connectivity index (χ1) is 6.03. The summed E-state index contributed by atoms with van der Waals surface area (Å²) in [4.78, 5) is 0. The predicted octanol–water partition coefficient (Wildman–Crippen LogP) is 3.40. The van der Waals surface area contributed by atoms with Gasteiger partial charge in [-0.15, -0.1) is 12.4 Å². The first-order valence-corrected chi connectivity index (χ1v) is 5.27. The van der Waals surface area contributed by atoms with Crippen LogP contribution in [0.1, 0.15) is 19.4 Å². The van der Waals surface area contributed by atoms with E-state index in [1.54, 1.807) is 0 Å². The van der Waals surface area contributed by atoms with Crippen molar-refractivity contribution in [2.24, 2.45) is 11.1 Å². The van der Waals surface area contributed by atoms with Crippen molar-refractivity contribution in [1.82, 2.24) is 0 Å². The average molecular weight is 279 g/mol. The van der Waals surface area contributed by atoms with E-state index in [1.165, 1.54) is 5.56 Å². The van der Waals surface area contributed by atoms with Crippen LogP contribution in [0.5, 0.6) is 0 Å². The van der Waals surface area contributed by atoms with Crippen LogP contribution in [0.15, 0.2) is 28.7 Å². The second-order valence-electron chi connectivity index (χ2n) is 4.18. The molecule has 0 aliphatic rings. The van der Waals surface area contributed by atoms with E-state index in [-0.39, 0.29) is 17.8 Å². The van der Waals surface area contributed by atoms with Crippen LogP contribution in [0.2, 0.25) is 0 Å². The third kappa shape index (κ3) is 4.45. The zero-order valence-electron chi connectivity index (χ0n) is 8.59. The summed E-state index contributed by atoms with van der Waals surface area (Å²) in [7, 11) is 0. The molecule has 0 amide bonds. The average Bonchev–Trinajstić information content (AvgIpc) is 2.03. The molecule has 1 rings (SSSR count). The van der Waals surface area contributed by atoms with Crippen molar-refractivity contribution >= 4 is 28.3 Å². The molecule has 14 heavy (non-hydrogen) atoms. The highest BCUT2D eigenvalue weighted by molar-refractivity contribution is 9.10. The Kier molecular flexibility index (Phi) is 5.72. The van der Waals surface area contributed by atoms with Gasteiger partial charge in [0.1, 0.15) is 0 Å². The SMILES string of the molecule is CC(C)(CN)Cc1cccc(Br)c1.Cl. The molecule has 0 heterocycles. The number of halogens is 2. The number of rotatable bonds is 3. The van der Waals surface area contributed by atoms with Gasteiger partial charge in [-0.25, -0.2) is 0 Å². The fourth-order valence-corrected chi connectivity index (χ4v) is 1.72. The smallest absolute Gasteiger partial charge is 0.0177 e. The zero-order valence-corrected chi connectivity index (χ0v) is 11.0. The van der Waals surface area contributed by atoms with E-state index in [4.69, 9.17) is 5.73 Å². The molecule has 80 valence electrons.